The zero-order chi connectivity index (χ0) is 14.8. The topological polar surface area (TPSA) is 29.9 Å². The van der Waals surface area contributed by atoms with Crippen LogP contribution in [0.5, 0.6) is 0 Å². The highest BCUT2D eigenvalue weighted by Crippen LogP contribution is 2.29. The summed E-state index contributed by atoms with van der Waals surface area (Å²) in [4.78, 5) is 6.85. The van der Waals surface area contributed by atoms with Gasteiger partial charge in [-0.3, -0.25) is 0 Å². The lowest BCUT2D eigenvalue weighted by atomic mass is 10.1. The number of nitrogens with zero attached hydrogens (tertiary/aromatic N) is 2. The van der Waals surface area contributed by atoms with E-state index in [0.717, 1.165) is 11.4 Å². The maximum absolute atomic E-state index is 4.10. The summed E-state index contributed by atoms with van der Waals surface area (Å²) in [5, 5.41) is 3.59. The fraction of sp³-hybridized carbons (Fsp3) is 0.235. The number of hydrogen-bond acceptors (Lipinski definition) is 3. The van der Waals surface area contributed by atoms with Crippen LogP contribution in [-0.4, -0.2) is 9.55 Å². The Morgan fingerprint density at radius 1 is 1.24 bits per heavy atom. The van der Waals surface area contributed by atoms with E-state index in [1.54, 1.807) is 6.20 Å². The molecular weight excluding hydrogens is 278 g/mol. The molecule has 108 valence electrons. The monoisotopic (exact) mass is 297 g/mol. The Bertz CT molecular complexity index is 728. The number of imidazole rings is 1. The van der Waals surface area contributed by atoms with Crippen molar-refractivity contribution in [3.05, 3.63) is 64.4 Å². The Morgan fingerprint density at radius 3 is 2.76 bits per heavy atom. The van der Waals surface area contributed by atoms with Gasteiger partial charge in [-0.2, -0.15) is 0 Å². The molecule has 1 unspecified atom stereocenters. The normalized spacial score (nSPS) is 12.3. The lowest BCUT2D eigenvalue weighted by molar-refractivity contribution is 0.881. The zero-order valence-electron chi connectivity index (χ0n) is 12.5. The molecule has 3 aromatic rings. The fourth-order valence-electron chi connectivity index (χ4n) is 2.58. The van der Waals surface area contributed by atoms with Gasteiger partial charge in [0, 0.05) is 39.6 Å². The van der Waals surface area contributed by atoms with Crippen molar-refractivity contribution in [2.45, 2.75) is 26.8 Å². The number of aromatic nitrogens is 2. The fourth-order valence-corrected chi connectivity index (χ4v) is 3.60. The van der Waals surface area contributed by atoms with Crippen molar-refractivity contribution >= 4 is 17.0 Å². The molecule has 3 rings (SSSR count). The molecule has 0 spiro atoms. The van der Waals surface area contributed by atoms with Crippen molar-refractivity contribution in [2.24, 2.45) is 0 Å². The molecule has 1 aromatic carbocycles. The Hall–Kier alpha value is -2.07. The molecule has 2 aromatic heterocycles. The number of hydrogen-bond donors (Lipinski definition) is 1. The van der Waals surface area contributed by atoms with Crippen LogP contribution in [0.3, 0.4) is 0 Å². The van der Waals surface area contributed by atoms with Gasteiger partial charge < -0.3 is 9.88 Å². The molecule has 0 aliphatic heterocycles. The minimum absolute atomic E-state index is 0.299. The van der Waals surface area contributed by atoms with Gasteiger partial charge in [-0.15, -0.1) is 11.3 Å². The first-order valence-electron chi connectivity index (χ1n) is 7.05. The van der Waals surface area contributed by atoms with Crippen LogP contribution in [-0.2, 0) is 0 Å². The van der Waals surface area contributed by atoms with Gasteiger partial charge in [-0.25, -0.2) is 4.98 Å². The number of benzene rings is 1. The molecule has 0 amide bonds. The van der Waals surface area contributed by atoms with E-state index in [2.05, 4.69) is 61.4 Å². The van der Waals surface area contributed by atoms with Gasteiger partial charge in [0.25, 0.3) is 0 Å². The number of thiophene rings is 1. The quantitative estimate of drug-likeness (QED) is 0.755. The molecule has 0 bridgehead atoms. The zero-order valence-corrected chi connectivity index (χ0v) is 13.3. The van der Waals surface area contributed by atoms with Gasteiger partial charge in [0.1, 0.15) is 0 Å². The van der Waals surface area contributed by atoms with Crippen molar-refractivity contribution in [3.8, 4) is 5.69 Å². The third kappa shape index (κ3) is 3.00. The van der Waals surface area contributed by atoms with Gasteiger partial charge in [0.2, 0.25) is 0 Å². The summed E-state index contributed by atoms with van der Waals surface area (Å²) in [5.41, 5.74) is 3.62. The molecular formula is C17H19N3S. The summed E-state index contributed by atoms with van der Waals surface area (Å²) in [5.74, 6) is 0. The summed E-state index contributed by atoms with van der Waals surface area (Å²) < 4.78 is 2.01. The first-order chi connectivity index (χ1) is 10.1. The van der Waals surface area contributed by atoms with E-state index in [4.69, 9.17) is 0 Å². The van der Waals surface area contributed by atoms with Crippen molar-refractivity contribution in [1.29, 1.82) is 0 Å². The minimum Gasteiger partial charge on any atom is -0.378 e. The van der Waals surface area contributed by atoms with E-state index in [9.17, 15) is 0 Å². The van der Waals surface area contributed by atoms with E-state index in [-0.39, 0.29) is 0 Å². The van der Waals surface area contributed by atoms with Crippen molar-refractivity contribution < 1.29 is 0 Å². The maximum atomic E-state index is 4.10. The van der Waals surface area contributed by atoms with Crippen LogP contribution in [0.4, 0.5) is 5.69 Å². The van der Waals surface area contributed by atoms with Crippen molar-refractivity contribution in [1.82, 2.24) is 9.55 Å². The molecule has 1 N–H and O–H groups in total. The van der Waals surface area contributed by atoms with Crippen LogP contribution in [0, 0.1) is 13.8 Å². The lowest BCUT2D eigenvalue weighted by Gasteiger charge is -2.16. The molecule has 0 saturated heterocycles. The van der Waals surface area contributed by atoms with Crippen LogP contribution >= 0.6 is 11.3 Å². The second-order valence-corrected chi connectivity index (χ2v) is 6.72. The third-order valence-corrected chi connectivity index (χ3v) is 4.56. The highest BCUT2D eigenvalue weighted by Gasteiger charge is 2.11. The molecule has 3 nitrogen and oxygen atoms in total. The second kappa shape index (κ2) is 5.74. The van der Waals surface area contributed by atoms with Crippen LogP contribution in [0.1, 0.15) is 28.3 Å². The lowest BCUT2D eigenvalue weighted by Crippen LogP contribution is -2.07. The first-order valence-corrected chi connectivity index (χ1v) is 7.87. The Balaban J connectivity index is 1.82. The summed E-state index contributed by atoms with van der Waals surface area (Å²) in [6.45, 7) is 6.55. The SMILES string of the molecule is Cc1cc(C(C)Nc2cccc(-n3ccnc3)c2)c(C)s1. The highest BCUT2D eigenvalue weighted by atomic mass is 32.1. The summed E-state index contributed by atoms with van der Waals surface area (Å²) in [7, 11) is 0. The first kappa shape index (κ1) is 13.9. The van der Waals surface area contributed by atoms with Crippen molar-refractivity contribution in [3.63, 3.8) is 0 Å². The predicted molar refractivity (Wildman–Crippen MR) is 89.4 cm³/mol. The molecule has 21 heavy (non-hydrogen) atoms. The molecule has 0 fully saturated rings. The Kier molecular flexibility index (Phi) is 3.80. The standard InChI is InChI=1S/C17H19N3S/c1-12-9-17(14(3)21-12)13(2)19-15-5-4-6-16(10-15)20-8-7-18-11-20/h4-11,13,19H,1-3H3. The van der Waals surface area contributed by atoms with Crippen molar-refractivity contribution in [2.75, 3.05) is 5.32 Å². The Morgan fingerprint density at radius 2 is 2.10 bits per heavy atom. The number of aryl methyl sites for hydroxylation is 2. The highest BCUT2D eigenvalue weighted by molar-refractivity contribution is 7.12. The largest absolute Gasteiger partial charge is 0.378 e. The Labute approximate surface area is 129 Å². The second-order valence-electron chi connectivity index (χ2n) is 5.25. The summed E-state index contributed by atoms with van der Waals surface area (Å²) in [6.07, 6.45) is 5.56. The molecule has 0 radical (unpaired) electrons. The molecule has 0 saturated carbocycles. The van der Waals surface area contributed by atoms with E-state index < -0.39 is 0 Å². The number of nitrogens with one attached hydrogen (secondary N) is 1. The van der Waals surface area contributed by atoms with Gasteiger partial charge in [0.15, 0.2) is 0 Å². The van der Waals surface area contributed by atoms with Gasteiger partial charge >= 0.3 is 0 Å². The third-order valence-electron chi connectivity index (χ3n) is 3.58. The predicted octanol–water partition coefficient (Wildman–Crippen LogP) is 4.72. The smallest absolute Gasteiger partial charge is 0.0991 e. The van der Waals surface area contributed by atoms with E-state index in [1.807, 2.05) is 28.4 Å². The average Bonchev–Trinajstić information content (AvgIpc) is 3.08. The number of rotatable bonds is 4. The van der Waals surface area contributed by atoms with Crippen LogP contribution < -0.4 is 5.32 Å². The summed E-state index contributed by atoms with van der Waals surface area (Å²) in [6, 6.07) is 11.0. The number of anilines is 1. The van der Waals surface area contributed by atoms with Crippen LogP contribution in [0.15, 0.2) is 49.1 Å². The summed E-state index contributed by atoms with van der Waals surface area (Å²) >= 11 is 1.86. The molecule has 0 aliphatic rings. The molecule has 2 heterocycles. The van der Waals surface area contributed by atoms with Gasteiger partial charge in [-0.1, -0.05) is 6.07 Å². The van der Waals surface area contributed by atoms with E-state index in [0.29, 0.717) is 6.04 Å². The average molecular weight is 297 g/mol. The van der Waals surface area contributed by atoms with Gasteiger partial charge in [-0.05, 0) is 50.6 Å². The minimum atomic E-state index is 0.299. The molecule has 4 heteroatoms. The van der Waals surface area contributed by atoms with Gasteiger partial charge in [0.05, 0.1) is 6.33 Å². The van der Waals surface area contributed by atoms with Crippen LogP contribution in [0.2, 0.25) is 0 Å². The van der Waals surface area contributed by atoms with E-state index in [1.165, 1.54) is 15.3 Å². The molecule has 1 atom stereocenters. The molecule has 0 aliphatic carbocycles. The maximum Gasteiger partial charge on any atom is 0.0991 e. The van der Waals surface area contributed by atoms with E-state index >= 15 is 0 Å². The van der Waals surface area contributed by atoms with Crippen LogP contribution in [0.25, 0.3) is 5.69 Å².